The van der Waals surface area contributed by atoms with Crippen LogP contribution in [0.25, 0.3) is 11.0 Å². The summed E-state index contributed by atoms with van der Waals surface area (Å²) in [5.74, 6) is 0.295. The Morgan fingerprint density at radius 1 is 1.45 bits per heavy atom. The van der Waals surface area contributed by atoms with Crippen LogP contribution in [0, 0.1) is 5.92 Å². The molecule has 1 fully saturated rings. The van der Waals surface area contributed by atoms with Crippen molar-refractivity contribution in [3.8, 4) is 0 Å². The molecule has 0 spiro atoms. The van der Waals surface area contributed by atoms with Gasteiger partial charge in [-0.1, -0.05) is 0 Å². The summed E-state index contributed by atoms with van der Waals surface area (Å²) in [5, 5.41) is 0. The zero-order chi connectivity index (χ0) is 13.9. The van der Waals surface area contributed by atoms with Gasteiger partial charge in [0.15, 0.2) is 5.52 Å². The first-order valence-electron chi connectivity index (χ1n) is 6.80. The smallest absolute Gasteiger partial charge is 0.279 e. The van der Waals surface area contributed by atoms with Crippen LogP contribution in [0.4, 0.5) is 0 Å². The predicted molar refractivity (Wildman–Crippen MR) is 75.6 cm³/mol. The molecule has 6 nitrogen and oxygen atoms in total. The fraction of sp³-hybridized carbons (Fsp3) is 0.500. The Hall–Kier alpha value is -1.79. The van der Waals surface area contributed by atoms with Gasteiger partial charge >= 0.3 is 0 Å². The van der Waals surface area contributed by atoms with Gasteiger partial charge in [-0.2, -0.15) is 0 Å². The van der Waals surface area contributed by atoms with Gasteiger partial charge in [0.25, 0.3) is 5.56 Å². The van der Waals surface area contributed by atoms with E-state index >= 15 is 0 Å². The predicted octanol–water partition coefficient (Wildman–Crippen LogP) is 0.370. The van der Waals surface area contributed by atoms with Crippen LogP contribution < -0.4 is 5.56 Å². The number of ether oxygens (including phenoxy) is 1. The Kier molecular flexibility index (Phi) is 3.75. The van der Waals surface area contributed by atoms with Crippen molar-refractivity contribution in [2.75, 3.05) is 33.4 Å². The second-order valence-electron chi connectivity index (χ2n) is 5.28. The lowest BCUT2D eigenvalue weighted by molar-refractivity contribution is 0.117. The summed E-state index contributed by atoms with van der Waals surface area (Å²) in [6.07, 6.45) is 3.23. The highest BCUT2D eigenvalue weighted by Gasteiger charge is 2.17. The SMILES string of the molecule is CN1CCOCC(Cn2cnc3cccnc3c2=O)C1. The highest BCUT2D eigenvalue weighted by molar-refractivity contribution is 5.71. The minimum atomic E-state index is -0.0810. The van der Waals surface area contributed by atoms with Crippen LogP contribution in [0.1, 0.15) is 0 Å². The molecular weight excluding hydrogens is 256 g/mol. The van der Waals surface area contributed by atoms with Crippen LogP contribution in [-0.4, -0.2) is 52.8 Å². The number of hydrogen-bond acceptors (Lipinski definition) is 5. The lowest BCUT2D eigenvalue weighted by atomic mass is 10.1. The third-order valence-electron chi connectivity index (χ3n) is 3.58. The maximum Gasteiger partial charge on any atom is 0.279 e. The highest BCUT2D eigenvalue weighted by atomic mass is 16.5. The van der Waals surface area contributed by atoms with E-state index in [0.29, 0.717) is 30.1 Å². The number of fused-ring (bicyclic) bond motifs is 1. The molecule has 2 aromatic rings. The van der Waals surface area contributed by atoms with E-state index < -0.39 is 0 Å². The molecule has 1 aliphatic rings. The lowest BCUT2D eigenvalue weighted by Gasteiger charge is -2.19. The average Bonchev–Trinajstić information content (AvgIpc) is 2.66. The largest absolute Gasteiger partial charge is 0.380 e. The van der Waals surface area contributed by atoms with Gasteiger partial charge in [0.2, 0.25) is 0 Å². The summed E-state index contributed by atoms with van der Waals surface area (Å²) >= 11 is 0. The van der Waals surface area contributed by atoms with E-state index in [0.717, 1.165) is 19.7 Å². The second kappa shape index (κ2) is 5.68. The quantitative estimate of drug-likeness (QED) is 0.792. The molecule has 0 saturated carbocycles. The Morgan fingerprint density at radius 2 is 2.35 bits per heavy atom. The maximum atomic E-state index is 12.4. The molecule has 2 aromatic heterocycles. The van der Waals surface area contributed by atoms with E-state index in [4.69, 9.17) is 4.74 Å². The lowest BCUT2D eigenvalue weighted by Crippen LogP contribution is -2.32. The molecule has 0 bridgehead atoms. The molecular formula is C14H18N4O2. The van der Waals surface area contributed by atoms with Crippen molar-refractivity contribution < 1.29 is 4.74 Å². The topological polar surface area (TPSA) is 60.2 Å². The van der Waals surface area contributed by atoms with Crippen LogP contribution in [0.3, 0.4) is 0 Å². The number of likely N-dealkylation sites (N-methyl/N-ethyl adjacent to an activating group) is 1. The molecule has 6 heteroatoms. The first kappa shape index (κ1) is 13.2. The van der Waals surface area contributed by atoms with Crippen LogP contribution in [0.15, 0.2) is 29.5 Å². The van der Waals surface area contributed by atoms with Crippen LogP contribution in [-0.2, 0) is 11.3 Å². The Labute approximate surface area is 117 Å². The molecule has 106 valence electrons. The van der Waals surface area contributed by atoms with Gasteiger partial charge in [-0.3, -0.25) is 9.36 Å². The van der Waals surface area contributed by atoms with Crippen LogP contribution in [0.5, 0.6) is 0 Å². The van der Waals surface area contributed by atoms with Crippen molar-refractivity contribution in [1.29, 1.82) is 0 Å². The van der Waals surface area contributed by atoms with E-state index in [9.17, 15) is 4.79 Å². The number of rotatable bonds is 2. The Morgan fingerprint density at radius 3 is 3.25 bits per heavy atom. The number of pyridine rings is 1. The maximum absolute atomic E-state index is 12.4. The van der Waals surface area contributed by atoms with Gasteiger partial charge in [0, 0.05) is 31.7 Å². The van der Waals surface area contributed by atoms with Crippen molar-refractivity contribution in [3.63, 3.8) is 0 Å². The number of nitrogens with zero attached hydrogens (tertiary/aromatic N) is 4. The standard InChI is InChI=1S/C14H18N4O2/c1-17-5-6-20-9-11(7-17)8-18-10-16-12-3-2-4-15-13(12)14(18)19/h2-4,10-11H,5-9H2,1H3. The van der Waals surface area contributed by atoms with Gasteiger partial charge in [0.1, 0.15) is 0 Å². The summed E-state index contributed by atoms with van der Waals surface area (Å²) in [7, 11) is 2.07. The minimum Gasteiger partial charge on any atom is -0.380 e. The summed E-state index contributed by atoms with van der Waals surface area (Å²) in [4.78, 5) is 23.0. The summed E-state index contributed by atoms with van der Waals surface area (Å²) in [6.45, 7) is 3.90. The van der Waals surface area contributed by atoms with Crippen molar-refractivity contribution in [1.82, 2.24) is 19.4 Å². The molecule has 20 heavy (non-hydrogen) atoms. The summed E-state index contributed by atoms with van der Waals surface area (Å²) < 4.78 is 7.23. The van der Waals surface area contributed by atoms with E-state index in [1.54, 1.807) is 29.2 Å². The van der Waals surface area contributed by atoms with Gasteiger partial charge < -0.3 is 9.64 Å². The summed E-state index contributed by atoms with van der Waals surface area (Å²) in [6, 6.07) is 3.59. The van der Waals surface area contributed by atoms with Gasteiger partial charge in [-0.25, -0.2) is 9.97 Å². The third kappa shape index (κ3) is 2.71. The van der Waals surface area contributed by atoms with Gasteiger partial charge in [-0.05, 0) is 19.2 Å². The van der Waals surface area contributed by atoms with Crippen molar-refractivity contribution in [2.45, 2.75) is 6.54 Å². The fourth-order valence-electron chi connectivity index (χ4n) is 2.56. The first-order valence-corrected chi connectivity index (χ1v) is 6.80. The molecule has 0 N–H and O–H groups in total. The second-order valence-corrected chi connectivity index (χ2v) is 5.28. The van der Waals surface area contributed by atoms with Crippen molar-refractivity contribution in [3.05, 3.63) is 35.0 Å². The molecule has 0 radical (unpaired) electrons. The molecule has 1 atom stereocenters. The molecule has 1 saturated heterocycles. The zero-order valence-corrected chi connectivity index (χ0v) is 11.5. The molecule has 1 aliphatic heterocycles. The molecule has 0 aliphatic carbocycles. The van der Waals surface area contributed by atoms with E-state index in [2.05, 4.69) is 21.9 Å². The minimum absolute atomic E-state index is 0.0810. The number of hydrogen-bond donors (Lipinski definition) is 0. The normalized spacial score (nSPS) is 20.9. The van der Waals surface area contributed by atoms with Gasteiger partial charge in [-0.15, -0.1) is 0 Å². The molecule has 3 heterocycles. The van der Waals surface area contributed by atoms with E-state index in [1.807, 2.05) is 0 Å². The molecule has 1 unspecified atom stereocenters. The van der Waals surface area contributed by atoms with Crippen molar-refractivity contribution in [2.24, 2.45) is 5.92 Å². The third-order valence-corrected chi connectivity index (χ3v) is 3.58. The molecule has 0 amide bonds. The molecule has 3 rings (SSSR count). The number of aromatic nitrogens is 3. The van der Waals surface area contributed by atoms with Crippen molar-refractivity contribution >= 4 is 11.0 Å². The molecule has 0 aromatic carbocycles. The van der Waals surface area contributed by atoms with E-state index in [-0.39, 0.29) is 5.56 Å². The Balaban J connectivity index is 1.87. The zero-order valence-electron chi connectivity index (χ0n) is 11.5. The van der Waals surface area contributed by atoms with E-state index in [1.165, 1.54) is 0 Å². The first-order chi connectivity index (χ1) is 9.74. The average molecular weight is 274 g/mol. The Bertz CT molecular complexity index is 655. The summed E-state index contributed by atoms with van der Waals surface area (Å²) in [5.41, 5.74) is 0.989. The van der Waals surface area contributed by atoms with Crippen LogP contribution >= 0.6 is 0 Å². The van der Waals surface area contributed by atoms with Gasteiger partial charge in [0.05, 0.1) is 25.1 Å². The van der Waals surface area contributed by atoms with Crippen LogP contribution in [0.2, 0.25) is 0 Å². The highest BCUT2D eigenvalue weighted by Crippen LogP contribution is 2.08. The fourth-order valence-corrected chi connectivity index (χ4v) is 2.56. The monoisotopic (exact) mass is 274 g/mol.